The third-order valence-electron chi connectivity index (χ3n) is 4.38. The highest BCUT2D eigenvalue weighted by Crippen LogP contribution is 2.17. The summed E-state index contributed by atoms with van der Waals surface area (Å²) in [5.74, 6) is -0.560. The van der Waals surface area contributed by atoms with Crippen molar-refractivity contribution in [3.8, 4) is 0 Å². The normalized spacial score (nSPS) is 14.4. The average molecular weight is 362 g/mol. The summed E-state index contributed by atoms with van der Waals surface area (Å²) in [6.07, 6.45) is 0.833. The van der Waals surface area contributed by atoms with Crippen molar-refractivity contribution in [2.45, 2.75) is 59.2 Å². The van der Waals surface area contributed by atoms with E-state index in [-0.39, 0.29) is 18.4 Å². The van der Waals surface area contributed by atoms with E-state index in [4.69, 9.17) is 10.5 Å². The summed E-state index contributed by atoms with van der Waals surface area (Å²) >= 11 is 0. The van der Waals surface area contributed by atoms with Crippen molar-refractivity contribution in [3.63, 3.8) is 0 Å². The molecule has 2 N–H and O–H groups in total. The minimum Gasteiger partial charge on any atom is -0.444 e. The lowest BCUT2D eigenvalue weighted by Gasteiger charge is -2.30. The summed E-state index contributed by atoms with van der Waals surface area (Å²) in [6, 6.07) is 7.40. The maximum absolute atomic E-state index is 12.8. The third-order valence-corrected chi connectivity index (χ3v) is 4.38. The van der Waals surface area contributed by atoms with Crippen LogP contribution in [0.3, 0.4) is 0 Å². The van der Waals surface area contributed by atoms with E-state index in [0.29, 0.717) is 19.1 Å². The Morgan fingerprint density at radius 2 is 1.81 bits per heavy atom. The van der Waals surface area contributed by atoms with Crippen LogP contribution in [0.25, 0.3) is 0 Å². The van der Waals surface area contributed by atoms with E-state index < -0.39 is 24.1 Å². The molecular weight excluding hydrogens is 332 g/mol. The van der Waals surface area contributed by atoms with E-state index in [0.717, 1.165) is 10.5 Å². The number of benzene rings is 1. The van der Waals surface area contributed by atoms with Crippen LogP contribution in [0.5, 0.6) is 0 Å². The first-order valence-electron chi connectivity index (χ1n) is 9.06. The van der Waals surface area contributed by atoms with Crippen LogP contribution in [0.1, 0.15) is 46.1 Å². The molecule has 0 aliphatic rings. The second-order valence-corrected chi connectivity index (χ2v) is 6.99. The minimum absolute atomic E-state index is 0.0231. The molecule has 6 nitrogen and oxygen atoms in total. The number of nitrogens with two attached hydrogens (primary N) is 1. The molecule has 1 aromatic carbocycles. The number of imide groups is 1. The molecular formula is C20H30N2O4. The predicted molar refractivity (Wildman–Crippen MR) is 100 cm³/mol. The topological polar surface area (TPSA) is 89.7 Å². The van der Waals surface area contributed by atoms with E-state index in [2.05, 4.69) is 0 Å². The van der Waals surface area contributed by atoms with E-state index in [1.807, 2.05) is 58.0 Å². The average Bonchev–Trinajstić information content (AvgIpc) is 2.64. The van der Waals surface area contributed by atoms with E-state index >= 15 is 0 Å². The second kappa shape index (κ2) is 10.7. The summed E-state index contributed by atoms with van der Waals surface area (Å²) in [5.41, 5.74) is 6.82. The molecule has 3 atom stereocenters. The first kappa shape index (κ1) is 21.8. The Kier molecular flexibility index (Phi) is 8.99. The van der Waals surface area contributed by atoms with Crippen molar-refractivity contribution in [2.75, 3.05) is 0 Å². The summed E-state index contributed by atoms with van der Waals surface area (Å²) in [5, 5.41) is 0. The second-order valence-electron chi connectivity index (χ2n) is 6.99. The van der Waals surface area contributed by atoms with Crippen molar-refractivity contribution in [3.05, 3.63) is 35.9 Å². The lowest BCUT2D eigenvalue weighted by molar-refractivity contribution is -0.137. The number of hydrogen-bond donors (Lipinski definition) is 1. The minimum atomic E-state index is -0.888. The van der Waals surface area contributed by atoms with Crippen LogP contribution < -0.4 is 5.73 Å². The monoisotopic (exact) mass is 362 g/mol. The maximum Gasteiger partial charge on any atom is 0.417 e. The Hall–Kier alpha value is -2.21. The molecule has 0 bridgehead atoms. The standard InChI is InChI=1S/C20H30N2O4/c1-5-15(4)18(21)19(24)22(17(12-23)11-14(2)3)20(25)26-13-16-9-7-6-8-10-16/h6-10,12,14-15,17-18H,5,11,13,21H2,1-4H3/t15-,17-,18-/m0/s1. The number of hydrogen-bond acceptors (Lipinski definition) is 5. The van der Waals surface area contributed by atoms with Gasteiger partial charge in [0.15, 0.2) is 0 Å². The number of carbonyl (C=O) groups excluding carboxylic acids is 3. The fourth-order valence-corrected chi connectivity index (χ4v) is 2.54. The molecule has 0 radical (unpaired) electrons. The van der Waals surface area contributed by atoms with Crippen LogP contribution in [0.4, 0.5) is 4.79 Å². The third kappa shape index (κ3) is 6.26. The molecule has 2 amide bonds. The molecule has 0 saturated heterocycles. The number of nitrogens with zero attached hydrogens (tertiary/aromatic N) is 1. The van der Waals surface area contributed by atoms with Gasteiger partial charge < -0.3 is 15.3 Å². The zero-order valence-electron chi connectivity index (χ0n) is 16.1. The van der Waals surface area contributed by atoms with Crippen LogP contribution in [-0.2, 0) is 20.9 Å². The number of ether oxygens (including phenoxy) is 1. The molecule has 0 fully saturated rings. The molecule has 1 rings (SSSR count). The smallest absolute Gasteiger partial charge is 0.417 e. The van der Waals surface area contributed by atoms with Gasteiger partial charge in [-0.05, 0) is 23.8 Å². The van der Waals surface area contributed by atoms with Gasteiger partial charge >= 0.3 is 6.09 Å². The van der Waals surface area contributed by atoms with Crippen LogP contribution in [0, 0.1) is 11.8 Å². The molecule has 0 aliphatic carbocycles. The van der Waals surface area contributed by atoms with Crippen molar-refractivity contribution >= 4 is 18.3 Å². The van der Waals surface area contributed by atoms with Gasteiger partial charge in [0, 0.05) is 0 Å². The molecule has 0 aromatic heterocycles. The fraction of sp³-hybridized carbons (Fsp3) is 0.550. The summed E-state index contributed by atoms with van der Waals surface area (Å²) in [6.45, 7) is 7.62. The van der Waals surface area contributed by atoms with Gasteiger partial charge in [-0.2, -0.15) is 0 Å². The van der Waals surface area contributed by atoms with Gasteiger partial charge in [0.05, 0.1) is 12.1 Å². The Morgan fingerprint density at radius 3 is 2.31 bits per heavy atom. The molecule has 6 heteroatoms. The molecule has 0 spiro atoms. The van der Waals surface area contributed by atoms with Crippen LogP contribution in [-0.4, -0.2) is 35.3 Å². The van der Waals surface area contributed by atoms with Crippen molar-refractivity contribution < 1.29 is 19.1 Å². The molecule has 144 valence electrons. The van der Waals surface area contributed by atoms with E-state index in [1.54, 1.807) is 0 Å². The predicted octanol–water partition coefficient (Wildman–Crippen LogP) is 3.14. The summed E-state index contributed by atoms with van der Waals surface area (Å²) in [4.78, 5) is 37.9. The first-order valence-corrected chi connectivity index (χ1v) is 9.06. The van der Waals surface area contributed by atoms with Crippen LogP contribution in [0.15, 0.2) is 30.3 Å². The van der Waals surface area contributed by atoms with Gasteiger partial charge in [0.2, 0.25) is 5.91 Å². The Balaban J connectivity index is 2.99. The lowest BCUT2D eigenvalue weighted by Crippen LogP contribution is -2.54. The lowest BCUT2D eigenvalue weighted by atomic mass is 9.97. The van der Waals surface area contributed by atoms with Crippen molar-refractivity contribution in [1.29, 1.82) is 0 Å². The Morgan fingerprint density at radius 1 is 1.19 bits per heavy atom. The van der Waals surface area contributed by atoms with Gasteiger partial charge in [-0.25, -0.2) is 9.69 Å². The highest BCUT2D eigenvalue weighted by atomic mass is 16.6. The summed E-state index contributed by atoms with van der Waals surface area (Å²) < 4.78 is 5.29. The van der Waals surface area contributed by atoms with Crippen LogP contribution >= 0.6 is 0 Å². The first-order chi connectivity index (χ1) is 12.3. The van der Waals surface area contributed by atoms with Crippen molar-refractivity contribution in [2.24, 2.45) is 17.6 Å². The molecule has 0 aliphatic heterocycles. The Labute approximate surface area is 155 Å². The van der Waals surface area contributed by atoms with Crippen LogP contribution in [0.2, 0.25) is 0 Å². The number of rotatable bonds is 9. The molecule has 26 heavy (non-hydrogen) atoms. The SMILES string of the molecule is CC[C@H](C)[C@H](N)C(=O)N(C(=O)OCc1ccccc1)[C@H](C=O)CC(C)C. The highest BCUT2D eigenvalue weighted by molar-refractivity contribution is 5.97. The Bertz CT molecular complexity index is 589. The summed E-state index contributed by atoms with van der Waals surface area (Å²) in [7, 11) is 0. The highest BCUT2D eigenvalue weighted by Gasteiger charge is 2.36. The fourth-order valence-electron chi connectivity index (χ4n) is 2.54. The van der Waals surface area contributed by atoms with E-state index in [1.165, 1.54) is 0 Å². The molecule has 1 aromatic rings. The van der Waals surface area contributed by atoms with Crippen molar-refractivity contribution in [1.82, 2.24) is 4.90 Å². The molecule has 0 saturated carbocycles. The number of carbonyl (C=O) groups is 3. The van der Waals surface area contributed by atoms with Gasteiger partial charge in [-0.3, -0.25) is 4.79 Å². The van der Waals surface area contributed by atoms with Gasteiger partial charge in [0.25, 0.3) is 0 Å². The van der Waals surface area contributed by atoms with Gasteiger partial charge in [0.1, 0.15) is 12.9 Å². The van der Waals surface area contributed by atoms with E-state index in [9.17, 15) is 14.4 Å². The molecule has 0 unspecified atom stereocenters. The quantitative estimate of drug-likeness (QED) is 0.682. The molecule has 0 heterocycles. The van der Waals surface area contributed by atoms with Gasteiger partial charge in [-0.15, -0.1) is 0 Å². The maximum atomic E-state index is 12.8. The largest absolute Gasteiger partial charge is 0.444 e. The number of amides is 2. The zero-order chi connectivity index (χ0) is 19.7. The van der Waals surface area contributed by atoms with Gasteiger partial charge in [-0.1, -0.05) is 64.4 Å². The zero-order valence-corrected chi connectivity index (χ0v) is 16.1. The number of aldehydes is 1.